The quantitative estimate of drug-likeness (QED) is 0.237. The van der Waals surface area contributed by atoms with Crippen molar-refractivity contribution in [1.29, 1.82) is 0 Å². The Balaban J connectivity index is 1.67. The fraction of sp³-hybridized carbons (Fsp3) is 0. The summed E-state index contributed by atoms with van der Waals surface area (Å²) < 4.78 is 16.9. The van der Waals surface area contributed by atoms with Gasteiger partial charge in [-0.3, -0.25) is 0 Å². The summed E-state index contributed by atoms with van der Waals surface area (Å²) in [5.74, 6) is 0. The van der Waals surface area contributed by atoms with Gasteiger partial charge in [-0.2, -0.15) is 0 Å². The first-order valence-electron chi connectivity index (χ1n) is 9.02. The van der Waals surface area contributed by atoms with Gasteiger partial charge in [0.05, 0.1) is 0 Å². The molecule has 1 aliphatic rings. The lowest BCUT2D eigenvalue weighted by atomic mass is 9.96. The van der Waals surface area contributed by atoms with Crippen molar-refractivity contribution in [3.05, 3.63) is 78.9 Å². The maximum Gasteiger partial charge on any atom is 0.413 e. The van der Waals surface area contributed by atoms with E-state index in [9.17, 15) is 0 Å². The van der Waals surface area contributed by atoms with Crippen LogP contribution in [0.4, 0.5) is 0 Å². The Morgan fingerprint density at radius 2 is 1.14 bits per heavy atom. The third-order valence-corrected chi connectivity index (χ3v) is 8.97. The highest BCUT2D eigenvalue weighted by atomic mass is 28.4. The summed E-state index contributed by atoms with van der Waals surface area (Å²) >= 11 is 0. The van der Waals surface area contributed by atoms with E-state index in [1.807, 2.05) is 0 Å². The summed E-state index contributed by atoms with van der Waals surface area (Å²) in [4.78, 5) is 0. The first-order valence-corrected chi connectivity index (χ1v) is 12.0. The van der Waals surface area contributed by atoms with E-state index >= 15 is 0 Å². The highest BCUT2D eigenvalue weighted by Gasteiger charge is 2.26. The number of hydrogen-bond donors (Lipinski definition) is 0. The zero-order valence-electron chi connectivity index (χ0n) is 14.7. The molecule has 0 saturated carbocycles. The van der Waals surface area contributed by atoms with E-state index in [1.54, 1.807) is 0 Å². The Labute approximate surface area is 168 Å². The van der Waals surface area contributed by atoms with Gasteiger partial charge >= 0.3 is 29.3 Å². The molecule has 5 aromatic rings. The van der Waals surface area contributed by atoms with Crippen LogP contribution in [0.3, 0.4) is 0 Å². The van der Waals surface area contributed by atoms with E-state index in [1.165, 1.54) is 43.1 Å². The summed E-state index contributed by atoms with van der Waals surface area (Å²) in [6, 6.07) is 28.5. The van der Waals surface area contributed by atoms with Crippen molar-refractivity contribution in [1.82, 2.24) is 0 Å². The highest BCUT2D eigenvalue weighted by Crippen LogP contribution is 2.32. The Morgan fingerprint density at radius 1 is 0.536 bits per heavy atom. The molecule has 1 fully saturated rings. The minimum absolute atomic E-state index is 0.0660. The molecular weight excluding hydrogens is 396 g/mol. The van der Waals surface area contributed by atoms with Crippen LogP contribution in [0.25, 0.3) is 43.1 Å². The van der Waals surface area contributed by atoms with Gasteiger partial charge in [0.2, 0.25) is 0 Å². The molecule has 3 nitrogen and oxygen atoms in total. The molecule has 0 atom stereocenters. The van der Waals surface area contributed by atoms with E-state index in [0.29, 0.717) is 0 Å². The molecule has 1 heterocycles. The van der Waals surface area contributed by atoms with E-state index in [-0.39, 0.29) is 20.0 Å². The van der Waals surface area contributed by atoms with Crippen LogP contribution in [0.2, 0.25) is 0 Å². The Bertz CT molecular complexity index is 1360. The molecule has 1 saturated heterocycles. The van der Waals surface area contributed by atoms with Crippen LogP contribution in [0, 0.1) is 0 Å². The maximum atomic E-state index is 5.82. The minimum Gasteiger partial charge on any atom is -0.412 e. The molecule has 0 amide bonds. The second-order valence-electron chi connectivity index (χ2n) is 6.85. The molecule has 1 aliphatic heterocycles. The fourth-order valence-corrected chi connectivity index (χ4v) is 7.88. The number of fused-ring (bicyclic) bond motifs is 5. The molecule has 5 aromatic carbocycles. The highest BCUT2D eigenvalue weighted by molar-refractivity contribution is 6.73. The lowest BCUT2D eigenvalue weighted by Crippen LogP contribution is -2.44. The van der Waals surface area contributed by atoms with Crippen molar-refractivity contribution < 1.29 is 12.3 Å². The van der Waals surface area contributed by atoms with Crippen molar-refractivity contribution >= 4 is 77.6 Å². The standard InChI is InChI=1S/C22H13O3Si3/c1-2-5-15-12-19-17(10-14(15)4-1)8-9-18-11-16-6-3-7-22(21(16)13-20(18)19)28-24-26-23-27-25-28/h1-13H. The van der Waals surface area contributed by atoms with Gasteiger partial charge in [0.25, 0.3) is 0 Å². The van der Waals surface area contributed by atoms with Crippen LogP contribution < -0.4 is 5.19 Å². The van der Waals surface area contributed by atoms with Crippen LogP contribution in [0.5, 0.6) is 0 Å². The van der Waals surface area contributed by atoms with E-state index in [4.69, 9.17) is 12.3 Å². The average molecular weight is 410 g/mol. The van der Waals surface area contributed by atoms with Gasteiger partial charge in [0, 0.05) is 5.19 Å². The van der Waals surface area contributed by atoms with Gasteiger partial charge in [-0.05, 0) is 67.4 Å². The van der Waals surface area contributed by atoms with E-state index < -0.39 is 9.28 Å². The first kappa shape index (κ1) is 16.6. The number of rotatable bonds is 1. The number of hydrogen-bond acceptors (Lipinski definition) is 3. The second-order valence-corrected chi connectivity index (χ2v) is 10.7. The Hall–Kier alpha value is -2.33. The van der Waals surface area contributed by atoms with Gasteiger partial charge < -0.3 is 12.3 Å². The van der Waals surface area contributed by atoms with Crippen LogP contribution in [-0.4, -0.2) is 29.3 Å². The van der Waals surface area contributed by atoms with Crippen molar-refractivity contribution in [2.24, 2.45) is 0 Å². The van der Waals surface area contributed by atoms with Gasteiger partial charge in [-0.25, -0.2) is 0 Å². The van der Waals surface area contributed by atoms with E-state index in [0.717, 1.165) is 5.19 Å². The third kappa shape index (κ3) is 2.66. The molecule has 131 valence electrons. The summed E-state index contributed by atoms with van der Waals surface area (Å²) in [6.45, 7) is 0. The SMILES string of the molecule is c1ccc2cc3c(ccc4cc5cccc([Si]6O[Si]O[Si]O6)c5cc43)cc2c1. The molecule has 6 heteroatoms. The molecule has 0 bridgehead atoms. The van der Waals surface area contributed by atoms with Gasteiger partial charge in [-0.15, -0.1) is 0 Å². The topological polar surface area (TPSA) is 27.7 Å². The molecule has 0 unspecified atom stereocenters. The molecule has 5 radical (unpaired) electrons. The molecule has 6 rings (SSSR count). The summed E-state index contributed by atoms with van der Waals surface area (Å²) in [6.07, 6.45) is 0. The zero-order chi connectivity index (χ0) is 18.5. The third-order valence-electron chi connectivity index (χ3n) is 5.27. The Kier molecular flexibility index (Phi) is 3.93. The van der Waals surface area contributed by atoms with Gasteiger partial charge in [0.15, 0.2) is 0 Å². The van der Waals surface area contributed by atoms with Crippen molar-refractivity contribution in [2.75, 3.05) is 0 Å². The zero-order valence-corrected chi connectivity index (χ0v) is 17.7. The van der Waals surface area contributed by atoms with Crippen molar-refractivity contribution in [3.63, 3.8) is 0 Å². The average Bonchev–Trinajstić information content (AvgIpc) is 2.76. The smallest absolute Gasteiger partial charge is 0.412 e. The molecule has 0 spiro atoms. The molecular formula is C22H13O3Si3. The van der Waals surface area contributed by atoms with Crippen LogP contribution in [0.15, 0.2) is 78.9 Å². The van der Waals surface area contributed by atoms with Gasteiger partial charge in [-0.1, -0.05) is 54.6 Å². The van der Waals surface area contributed by atoms with Crippen LogP contribution in [-0.2, 0) is 12.3 Å². The first-order chi connectivity index (χ1) is 13.9. The van der Waals surface area contributed by atoms with E-state index in [2.05, 4.69) is 78.9 Å². The van der Waals surface area contributed by atoms with Crippen LogP contribution in [0.1, 0.15) is 0 Å². The monoisotopic (exact) mass is 409 g/mol. The van der Waals surface area contributed by atoms with Crippen molar-refractivity contribution in [3.8, 4) is 0 Å². The van der Waals surface area contributed by atoms with Gasteiger partial charge in [0.1, 0.15) is 0 Å². The second kappa shape index (κ2) is 6.63. The Morgan fingerprint density at radius 3 is 1.93 bits per heavy atom. The largest absolute Gasteiger partial charge is 0.413 e. The predicted octanol–water partition coefficient (Wildman–Crippen LogP) is 4.13. The van der Waals surface area contributed by atoms with Crippen molar-refractivity contribution in [2.45, 2.75) is 0 Å². The minimum atomic E-state index is -1.51. The number of benzene rings is 5. The predicted molar refractivity (Wildman–Crippen MR) is 117 cm³/mol. The molecule has 0 N–H and O–H groups in total. The summed E-state index contributed by atoms with van der Waals surface area (Å²) in [5, 5.41) is 11.2. The summed E-state index contributed by atoms with van der Waals surface area (Å²) in [5.41, 5.74) is 0. The lowest BCUT2D eigenvalue weighted by Gasteiger charge is -2.20. The maximum absolute atomic E-state index is 5.82. The lowest BCUT2D eigenvalue weighted by molar-refractivity contribution is 0.334. The molecule has 28 heavy (non-hydrogen) atoms. The normalized spacial score (nSPS) is 15.7. The molecule has 0 aromatic heterocycles. The van der Waals surface area contributed by atoms with Crippen LogP contribution >= 0.6 is 0 Å². The fourth-order valence-electron chi connectivity index (χ4n) is 3.97. The summed E-state index contributed by atoms with van der Waals surface area (Å²) in [7, 11) is -1.37. The molecule has 0 aliphatic carbocycles.